The molecule has 1 fully saturated rings. The van der Waals surface area contributed by atoms with Gasteiger partial charge in [0.05, 0.1) is 5.56 Å². The first-order valence-electron chi connectivity index (χ1n) is 6.78. The van der Waals surface area contributed by atoms with Gasteiger partial charge in [-0.1, -0.05) is 0 Å². The molecule has 3 rings (SSSR count). The second kappa shape index (κ2) is 5.52. The number of fused-ring (bicyclic) bond motifs is 1. The van der Waals surface area contributed by atoms with Crippen LogP contribution in [-0.2, 0) is 6.54 Å². The molecule has 0 spiro atoms. The number of nitrogens with zero attached hydrogens (tertiary/aromatic N) is 2. The minimum atomic E-state index is -0.858. The predicted octanol–water partition coefficient (Wildman–Crippen LogP) is 2.35. The van der Waals surface area contributed by atoms with Gasteiger partial charge < -0.3 is 10.0 Å². The Hall–Kier alpha value is -1.43. The Bertz CT molecular complexity index is 630. The minimum absolute atomic E-state index is 0.371. The number of hydrogen-bond donors (Lipinski definition) is 1. The van der Waals surface area contributed by atoms with Crippen LogP contribution in [0, 0.1) is 0 Å². The van der Waals surface area contributed by atoms with Gasteiger partial charge in [0.15, 0.2) is 0 Å². The molecule has 0 saturated carbocycles. The van der Waals surface area contributed by atoms with Gasteiger partial charge in [-0.3, -0.25) is 4.90 Å². The first-order chi connectivity index (χ1) is 9.63. The zero-order chi connectivity index (χ0) is 14.1. The van der Waals surface area contributed by atoms with Crippen molar-refractivity contribution in [2.24, 2.45) is 0 Å². The number of carbonyl (C=O) groups is 1. The smallest absolute Gasteiger partial charge is 0.335 e. The van der Waals surface area contributed by atoms with Crippen LogP contribution in [0.2, 0.25) is 0 Å². The molecule has 4 nitrogen and oxygen atoms in total. The Morgan fingerprint density at radius 2 is 2.05 bits per heavy atom. The van der Waals surface area contributed by atoms with E-state index in [2.05, 4.69) is 22.2 Å². The molecule has 1 N–H and O–H groups in total. The topological polar surface area (TPSA) is 43.8 Å². The van der Waals surface area contributed by atoms with E-state index in [0.29, 0.717) is 5.56 Å². The summed E-state index contributed by atoms with van der Waals surface area (Å²) in [7, 11) is 2.15. The highest BCUT2D eigenvalue weighted by molar-refractivity contribution is 7.17. The van der Waals surface area contributed by atoms with Crippen molar-refractivity contribution in [2.45, 2.75) is 6.54 Å². The zero-order valence-corrected chi connectivity index (χ0v) is 12.3. The standard InChI is InChI=1S/C15H18N2O2S/c1-16-4-6-17(7-5-16)9-12-10-20-14-3-2-11(15(18)19)8-13(12)14/h2-3,8,10H,4-7,9H2,1H3,(H,18,19). The van der Waals surface area contributed by atoms with E-state index in [1.165, 1.54) is 10.3 Å². The second-order valence-electron chi connectivity index (χ2n) is 5.36. The number of benzene rings is 1. The van der Waals surface area contributed by atoms with Crippen LogP contribution in [0.3, 0.4) is 0 Å². The first-order valence-corrected chi connectivity index (χ1v) is 7.66. The molecule has 0 amide bonds. The Kier molecular flexibility index (Phi) is 3.74. The molecule has 0 aliphatic carbocycles. The number of likely N-dealkylation sites (N-methyl/N-ethyl adjacent to an activating group) is 1. The molecule has 0 unspecified atom stereocenters. The average Bonchev–Trinajstić information content (AvgIpc) is 2.84. The summed E-state index contributed by atoms with van der Waals surface area (Å²) in [4.78, 5) is 15.9. The van der Waals surface area contributed by atoms with Crippen LogP contribution in [0.5, 0.6) is 0 Å². The summed E-state index contributed by atoms with van der Waals surface area (Å²) in [5, 5.41) is 12.4. The number of hydrogen-bond acceptors (Lipinski definition) is 4. The maximum Gasteiger partial charge on any atom is 0.335 e. The molecule has 1 aliphatic rings. The van der Waals surface area contributed by atoms with E-state index >= 15 is 0 Å². The maximum atomic E-state index is 11.1. The van der Waals surface area contributed by atoms with Gasteiger partial charge in [-0.25, -0.2) is 4.79 Å². The average molecular weight is 290 g/mol. The Labute approximate surface area is 122 Å². The third-order valence-corrected chi connectivity index (χ3v) is 4.90. The van der Waals surface area contributed by atoms with Crippen molar-refractivity contribution in [2.75, 3.05) is 33.2 Å². The van der Waals surface area contributed by atoms with Crippen LogP contribution in [0.15, 0.2) is 23.6 Å². The number of thiophene rings is 1. The van der Waals surface area contributed by atoms with Gasteiger partial charge in [0.2, 0.25) is 0 Å². The van der Waals surface area contributed by atoms with Crippen molar-refractivity contribution < 1.29 is 9.90 Å². The molecule has 0 atom stereocenters. The van der Waals surface area contributed by atoms with E-state index in [1.54, 1.807) is 23.5 Å². The van der Waals surface area contributed by atoms with E-state index in [-0.39, 0.29) is 0 Å². The van der Waals surface area contributed by atoms with Crippen LogP contribution in [0.25, 0.3) is 10.1 Å². The van der Waals surface area contributed by atoms with E-state index in [0.717, 1.165) is 38.1 Å². The molecule has 1 aromatic carbocycles. The van der Waals surface area contributed by atoms with Gasteiger partial charge in [0, 0.05) is 37.4 Å². The summed E-state index contributed by atoms with van der Waals surface area (Å²) in [6, 6.07) is 5.40. The molecule has 1 saturated heterocycles. The van der Waals surface area contributed by atoms with Crippen LogP contribution in [-0.4, -0.2) is 54.1 Å². The van der Waals surface area contributed by atoms with Crippen molar-refractivity contribution in [1.82, 2.24) is 9.80 Å². The van der Waals surface area contributed by atoms with E-state index in [4.69, 9.17) is 5.11 Å². The number of carboxylic acid groups (broad SMARTS) is 1. The quantitative estimate of drug-likeness (QED) is 0.942. The van der Waals surface area contributed by atoms with Crippen molar-refractivity contribution in [3.05, 3.63) is 34.7 Å². The normalized spacial score (nSPS) is 17.6. The van der Waals surface area contributed by atoms with Gasteiger partial charge in [0.25, 0.3) is 0 Å². The zero-order valence-electron chi connectivity index (χ0n) is 11.5. The van der Waals surface area contributed by atoms with E-state index < -0.39 is 5.97 Å². The summed E-state index contributed by atoms with van der Waals surface area (Å²) >= 11 is 1.69. The lowest BCUT2D eigenvalue weighted by molar-refractivity contribution is 0.0697. The number of rotatable bonds is 3. The summed E-state index contributed by atoms with van der Waals surface area (Å²) in [5.41, 5.74) is 1.62. The lowest BCUT2D eigenvalue weighted by atomic mass is 10.1. The van der Waals surface area contributed by atoms with Crippen molar-refractivity contribution in [1.29, 1.82) is 0 Å². The Morgan fingerprint density at radius 3 is 2.75 bits per heavy atom. The van der Waals surface area contributed by atoms with Crippen molar-refractivity contribution >= 4 is 27.4 Å². The highest BCUT2D eigenvalue weighted by Gasteiger charge is 2.16. The van der Waals surface area contributed by atoms with E-state index in [9.17, 15) is 4.79 Å². The molecule has 1 aromatic heterocycles. The summed E-state index contributed by atoms with van der Waals surface area (Å²) in [5.74, 6) is -0.858. The lowest BCUT2D eigenvalue weighted by Crippen LogP contribution is -2.43. The van der Waals surface area contributed by atoms with Crippen LogP contribution >= 0.6 is 11.3 Å². The van der Waals surface area contributed by atoms with Gasteiger partial charge in [-0.15, -0.1) is 11.3 Å². The Morgan fingerprint density at radius 1 is 1.30 bits per heavy atom. The van der Waals surface area contributed by atoms with Crippen molar-refractivity contribution in [3.63, 3.8) is 0 Å². The number of carboxylic acids is 1. The van der Waals surface area contributed by atoms with Crippen LogP contribution < -0.4 is 0 Å². The summed E-state index contributed by atoms with van der Waals surface area (Å²) in [6.45, 7) is 5.26. The fourth-order valence-electron chi connectivity index (χ4n) is 2.58. The third-order valence-electron chi connectivity index (χ3n) is 3.89. The fourth-order valence-corrected chi connectivity index (χ4v) is 3.52. The largest absolute Gasteiger partial charge is 0.478 e. The summed E-state index contributed by atoms with van der Waals surface area (Å²) in [6.07, 6.45) is 0. The predicted molar refractivity (Wildman–Crippen MR) is 81.6 cm³/mol. The fraction of sp³-hybridized carbons (Fsp3) is 0.400. The van der Waals surface area contributed by atoms with Gasteiger partial charge in [-0.2, -0.15) is 0 Å². The second-order valence-corrected chi connectivity index (χ2v) is 6.27. The van der Waals surface area contributed by atoms with Gasteiger partial charge >= 0.3 is 5.97 Å². The van der Waals surface area contributed by atoms with Crippen LogP contribution in [0.4, 0.5) is 0 Å². The third kappa shape index (κ3) is 2.70. The monoisotopic (exact) mass is 290 g/mol. The molecule has 0 radical (unpaired) electrons. The molecule has 2 heterocycles. The lowest BCUT2D eigenvalue weighted by Gasteiger charge is -2.32. The summed E-state index contributed by atoms with van der Waals surface area (Å²) < 4.78 is 1.17. The molecule has 5 heteroatoms. The molecular formula is C15H18N2O2S. The number of aromatic carboxylic acids is 1. The maximum absolute atomic E-state index is 11.1. The first kappa shape index (κ1) is 13.5. The van der Waals surface area contributed by atoms with E-state index in [1.807, 2.05) is 6.07 Å². The highest BCUT2D eigenvalue weighted by atomic mass is 32.1. The minimum Gasteiger partial charge on any atom is -0.478 e. The molecule has 1 aliphatic heterocycles. The molecular weight excluding hydrogens is 272 g/mol. The number of piperazine rings is 1. The van der Waals surface area contributed by atoms with Crippen LogP contribution in [0.1, 0.15) is 15.9 Å². The SMILES string of the molecule is CN1CCN(Cc2csc3ccc(C(=O)O)cc23)CC1. The van der Waals surface area contributed by atoms with Crippen molar-refractivity contribution in [3.8, 4) is 0 Å². The molecule has 20 heavy (non-hydrogen) atoms. The Balaban J connectivity index is 1.84. The highest BCUT2D eigenvalue weighted by Crippen LogP contribution is 2.28. The molecule has 2 aromatic rings. The molecule has 106 valence electrons. The van der Waals surface area contributed by atoms with Gasteiger partial charge in [0.1, 0.15) is 0 Å². The van der Waals surface area contributed by atoms with Gasteiger partial charge in [-0.05, 0) is 41.6 Å². The molecule has 0 bridgehead atoms.